The maximum Gasteiger partial charge on any atom is 0.133 e. The lowest BCUT2D eigenvalue weighted by Crippen LogP contribution is -2.04. The van der Waals surface area contributed by atoms with Crippen molar-refractivity contribution >= 4 is 5.78 Å². The molecule has 0 spiro atoms. The van der Waals surface area contributed by atoms with Crippen LogP contribution in [-0.4, -0.2) is 5.78 Å². The molecule has 28 heavy (non-hydrogen) atoms. The first-order valence-corrected chi connectivity index (χ1v) is 12.4. The van der Waals surface area contributed by atoms with Gasteiger partial charge in [-0.2, -0.15) is 0 Å². The maximum atomic E-state index is 12.0. The Kier molecular flexibility index (Phi) is 13.1. The van der Waals surface area contributed by atoms with Crippen LogP contribution >= 0.6 is 0 Å². The van der Waals surface area contributed by atoms with E-state index in [9.17, 15) is 4.79 Å². The number of hydrogen-bond acceptors (Lipinski definition) is 1. The van der Waals surface area contributed by atoms with Crippen LogP contribution in [0.15, 0.2) is 30.3 Å². The summed E-state index contributed by atoms with van der Waals surface area (Å²) in [6.45, 7) is 0. The molecule has 158 valence electrons. The van der Waals surface area contributed by atoms with Crippen molar-refractivity contribution in [3.63, 3.8) is 0 Å². The van der Waals surface area contributed by atoms with E-state index < -0.39 is 0 Å². The largest absolute Gasteiger partial charge is 0.300 e. The average molecular weight is 385 g/mol. The van der Waals surface area contributed by atoms with Crippen LogP contribution in [0.25, 0.3) is 0 Å². The van der Waals surface area contributed by atoms with Crippen molar-refractivity contribution in [1.82, 2.24) is 0 Å². The van der Waals surface area contributed by atoms with E-state index in [1.165, 1.54) is 108 Å². The van der Waals surface area contributed by atoms with Crippen LogP contribution in [0.2, 0.25) is 0 Å². The van der Waals surface area contributed by atoms with Gasteiger partial charge in [-0.3, -0.25) is 4.79 Å². The average Bonchev–Trinajstić information content (AvgIpc) is 3.22. The summed E-state index contributed by atoms with van der Waals surface area (Å²) in [4.78, 5) is 12.0. The minimum absolute atomic E-state index is 0.538. The van der Waals surface area contributed by atoms with Crippen LogP contribution in [-0.2, 0) is 11.2 Å². The van der Waals surface area contributed by atoms with Crippen LogP contribution in [0.5, 0.6) is 0 Å². The van der Waals surface area contributed by atoms with E-state index in [0.29, 0.717) is 5.78 Å². The third kappa shape index (κ3) is 11.7. The second-order valence-electron chi connectivity index (χ2n) is 9.12. The van der Waals surface area contributed by atoms with Crippen molar-refractivity contribution in [2.75, 3.05) is 0 Å². The smallest absolute Gasteiger partial charge is 0.133 e. The molecule has 1 fully saturated rings. The summed E-state index contributed by atoms with van der Waals surface area (Å²) in [5.74, 6) is 1.27. The van der Waals surface area contributed by atoms with Gasteiger partial charge in [0, 0.05) is 12.8 Å². The first-order valence-electron chi connectivity index (χ1n) is 12.4. The van der Waals surface area contributed by atoms with E-state index >= 15 is 0 Å². The number of unbranched alkanes of at least 4 members (excludes halogenated alkanes) is 11. The molecule has 1 aliphatic rings. The van der Waals surface area contributed by atoms with E-state index in [0.717, 1.165) is 25.2 Å². The zero-order chi connectivity index (χ0) is 19.7. The Labute approximate surface area is 174 Å². The topological polar surface area (TPSA) is 17.1 Å². The molecule has 0 bridgehead atoms. The number of benzene rings is 1. The van der Waals surface area contributed by atoms with Gasteiger partial charge in [0.05, 0.1) is 0 Å². The fourth-order valence-corrected chi connectivity index (χ4v) is 4.70. The molecule has 1 aliphatic carbocycles. The zero-order valence-electron chi connectivity index (χ0n) is 18.3. The molecule has 0 atom stereocenters. The quantitative estimate of drug-likeness (QED) is 0.246. The fourth-order valence-electron chi connectivity index (χ4n) is 4.70. The summed E-state index contributed by atoms with van der Waals surface area (Å²) in [7, 11) is 0. The number of rotatable bonds is 17. The SMILES string of the molecule is O=C(CCCCCCCCCCCCCCc1ccccc1)CC1CCCC1. The van der Waals surface area contributed by atoms with Gasteiger partial charge in [-0.05, 0) is 30.7 Å². The molecule has 2 rings (SSSR count). The van der Waals surface area contributed by atoms with Crippen molar-refractivity contribution in [3.05, 3.63) is 35.9 Å². The molecule has 1 aromatic rings. The van der Waals surface area contributed by atoms with E-state index in [-0.39, 0.29) is 0 Å². The summed E-state index contributed by atoms with van der Waals surface area (Å²) >= 11 is 0. The number of hydrogen-bond donors (Lipinski definition) is 0. The predicted octanol–water partition coefficient (Wildman–Crippen LogP) is 8.45. The maximum absolute atomic E-state index is 12.0. The van der Waals surface area contributed by atoms with Gasteiger partial charge in [0.1, 0.15) is 5.78 Å². The van der Waals surface area contributed by atoms with Gasteiger partial charge in [0.2, 0.25) is 0 Å². The third-order valence-electron chi connectivity index (χ3n) is 6.50. The highest BCUT2D eigenvalue weighted by atomic mass is 16.1. The molecule has 0 unspecified atom stereocenters. The molecule has 0 radical (unpaired) electrons. The highest BCUT2D eigenvalue weighted by Gasteiger charge is 2.17. The van der Waals surface area contributed by atoms with Crippen LogP contribution in [0.1, 0.15) is 121 Å². The van der Waals surface area contributed by atoms with Gasteiger partial charge >= 0.3 is 0 Å². The summed E-state index contributed by atoms with van der Waals surface area (Å²) in [6.07, 6.45) is 24.6. The molecular formula is C27H44O. The molecule has 0 amide bonds. The van der Waals surface area contributed by atoms with Gasteiger partial charge < -0.3 is 0 Å². The van der Waals surface area contributed by atoms with Gasteiger partial charge in [-0.25, -0.2) is 0 Å². The monoisotopic (exact) mass is 384 g/mol. The van der Waals surface area contributed by atoms with Crippen molar-refractivity contribution in [3.8, 4) is 0 Å². The number of carbonyl (C=O) groups is 1. The Bertz CT molecular complexity index is 486. The molecule has 0 saturated heterocycles. The van der Waals surface area contributed by atoms with Gasteiger partial charge in [0.15, 0.2) is 0 Å². The third-order valence-corrected chi connectivity index (χ3v) is 6.50. The Morgan fingerprint density at radius 3 is 1.75 bits per heavy atom. The van der Waals surface area contributed by atoms with E-state index in [1.54, 1.807) is 0 Å². The first-order chi connectivity index (χ1) is 13.8. The fraction of sp³-hybridized carbons (Fsp3) is 0.741. The van der Waals surface area contributed by atoms with Crippen molar-refractivity contribution in [2.45, 2.75) is 122 Å². The van der Waals surface area contributed by atoms with E-state index in [2.05, 4.69) is 30.3 Å². The molecule has 0 aliphatic heterocycles. The van der Waals surface area contributed by atoms with Crippen molar-refractivity contribution in [2.24, 2.45) is 5.92 Å². The molecule has 1 saturated carbocycles. The van der Waals surface area contributed by atoms with E-state index in [4.69, 9.17) is 0 Å². The van der Waals surface area contributed by atoms with Gasteiger partial charge in [0.25, 0.3) is 0 Å². The lowest BCUT2D eigenvalue weighted by atomic mass is 9.97. The van der Waals surface area contributed by atoms with Crippen LogP contribution < -0.4 is 0 Å². The normalized spacial score (nSPS) is 14.6. The molecule has 1 nitrogen and oxygen atoms in total. The Balaban J connectivity index is 1.26. The molecule has 0 aromatic heterocycles. The Morgan fingerprint density at radius 2 is 1.18 bits per heavy atom. The standard InChI is InChI=1S/C27H44O/c28-27(24-26-21-16-17-22-26)23-15-10-8-6-4-2-1-3-5-7-9-12-18-25-19-13-11-14-20-25/h11,13-14,19-20,26H,1-10,12,15-18,21-24H2. The molecule has 1 heteroatoms. The first kappa shape index (κ1) is 23.2. The highest BCUT2D eigenvalue weighted by Crippen LogP contribution is 2.28. The number of ketones is 1. The summed E-state index contributed by atoms with van der Waals surface area (Å²) in [6, 6.07) is 10.9. The molecule has 0 heterocycles. The molecule has 1 aromatic carbocycles. The molecular weight excluding hydrogens is 340 g/mol. The molecule has 0 N–H and O–H groups in total. The second kappa shape index (κ2) is 15.8. The number of Topliss-reactive ketones (excluding diaryl/α,β-unsaturated/α-hetero) is 1. The minimum Gasteiger partial charge on any atom is -0.300 e. The number of carbonyl (C=O) groups excluding carboxylic acids is 1. The van der Waals surface area contributed by atoms with Crippen LogP contribution in [0, 0.1) is 5.92 Å². The second-order valence-corrected chi connectivity index (χ2v) is 9.12. The lowest BCUT2D eigenvalue weighted by Gasteiger charge is -2.07. The van der Waals surface area contributed by atoms with Crippen LogP contribution in [0.4, 0.5) is 0 Å². The zero-order valence-corrected chi connectivity index (χ0v) is 18.3. The summed E-state index contributed by atoms with van der Waals surface area (Å²) in [5, 5.41) is 0. The van der Waals surface area contributed by atoms with Gasteiger partial charge in [-0.15, -0.1) is 0 Å². The lowest BCUT2D eigenvalue weighted by molar-refractivity contribution is -0.120. The van der Waals surface area contributed by atoms with Crippen molar-refractivity contribution < 1.29 is 4.79 Å². The highest BCUT2D eigenvalue weighted by molar-refractivity contribution is 5.78. The van der Waals surface area contributed by atoms with E-state index in [1.807, 2.05) is 0 Å². The Morgan fingerprint density at radius 1 is 0.679 bits per heavy atom. The van der Waals surface area contributed by atoms with Crippen LogP contribution in [0.3, 0.4) is 0 Å². The number of aryl methyl sites for hydroxylation is 1. The summed E-state index contributed by atoms with van der Waals surface area (Å²) < 4.78 is 0. The predicted molar refractivity (Wildman–Crippen MR) is 122 cm³/mol. The summed E-state index contributed by atoms with van der Waals surface area (Å²) in [5.41, 5.74) is 1.49. The minimum atomic E-state index is 0.538. The van der Waals surface area contributed by atoms with Crippen molar-refractivity contribution in [1.29, 1.82) is 0 Å². The Hall–Kier alpha value is -1.11. The van der Waals surface area contributed by atoms with Gasteiger partial charge in [-0.1, -0.05) is 120 Å².